The molecule has 3 heteroatoms. The molecule has 0 amide bonds. The average molecular weight is 147 g/mol. The van der Waals surface area contributed by atoms with Gasteiger partial charge in [-0.05, 0) is 12.5 Å². The molecule has 0 aromatic rings. The van der Waals surface area contributed by atoms with Gasteiger partial charge in [0, 0.05) is 0 Å². The fourth-order valence-corrected chi connectivity index (χ4v) is 0.631. The molecule has 0 spiro atoms. The van der Waals surface area contributed by atoms with Gasteiger partial charge >= 0.3 is 0 Å². The molecule has 0 fully saturated rings. The standard InChI is InChI=1S/C7H17NO2/c1-7(2,3)5(9)6(10)8-4/h5-6,8-10H,1-4H3. The van der Waals surface area contributed by atoms with E-state index >= 15 is 0 Å². The van der Waals surface area contributed by atoms with Crippen LogP contribution in [0.5, 0.6) is 0 Å². The van der Waals surface area contributed by atoms with Gasteiger partial charge < -0.3 is 10.2 Å². The fourth-order valence-electron chi connectivity index (χ4n) is 0.631. The third-order valence-electron chi connectivity index (χ3n) is 1.48. The Morgan fingerprint density at radius 1 is 1.20 bits per heavy atom. The van der Waals surface area contributed by atoms with Crippen molar-refractivity contribution in [3.8, 4) is 0 Å². The smallest absolute Gasteiger partial charge is 0.131 e. The van der Waals surface area contributed by atoms with Crippen molar-refractivity contribution >= 4 is 0 Å². The summed E-state index contributed by atoms with van der Waals surface area (Å²) in [6.45, 7) is 5.62. The van der Waals surface area contributed by atoms with Gasteiger partial charge in [0.05, 0.1) is 6.10 Å². The maximum atomic E-state index is 9.34. The zero-order chi connectivity index (χ0) is 8.36. The van der Waals surface area contributed by atoms with Gasteiger partial charge in [-0.3, -0.25) is 5.32 Å². The first-order chi connectivity index (χ1) is 4.39. The van der Waals surface area contributed by atoms with Crippen molar-refractivity contribution in [1.82, 2.24) is 5.32 Å². The van der Waals surface area contributed by atoms with Crippen LogP contribution in [0.1, 0.15) is 20.8 Å². The Bertz CT molecular complexity index is 98.3. The first-order valence-corrected chi connectivity index (χ1v) is 3.43. The average Bonchev–Trinajstić information content (AvgIpc) is 1.83. The quantitative estimate of drug-likeness (QED) is 0.479. The molecule has 0 aromatic heterocycles. The van der Waals surface area contributed by atoms with Crippen molar-refractivity contribution in [2.75, 3.05) is 7.05 Å². The lowest BCUT2D eigenvalue weighted by molar-refractivity contribution is -0.0560. The summed E-state index contributed by atoms with van der Waals surface area (Å²) in [6.07, 6.45) is -1.56. The largest absolute Gasteiger partial charge is 0.388 e. The molecule has 0 aliphatic carbocycles. The van der Waals surface area contributed by atoms with Crippen LogP contribution in [0.25, 0.3) is 0 Å². The summed E-state index contributed by atoms with van der Waals surface area (Å²) < 4.78 is 0. The predicted octanol–water partition coefficient (Wildman–Crippen LogP) is -0.0688. The van der Waals surface area contributed by atoms with Crippen LogP contribution >= 0.6 is 0 Å². The van der Waals surface area contributed by atoms with Crippen LogP contribution in [0.2, 0.25) is 0 Å². The minimum atomic E-state index is -0.833. The molecule has 3 nitrogen and oxygen atoms in total. The number of hydrogen-bond donors (Lipinski definition) is 3. The van der Waals surface area contributed by atoms with Gasteiger partial charge in [-0.2, -0.15) is 0 Å². The van der Waals surface area contributed by atoms with E-state index in [1.54, 1.807) is 7.05 Å². The molecule has 0 bridgehead atoms. The van der Waals surface area contributed by atoms with Crippen LogP contribution in [-0.2, 0) is 0 Å². The molecule has 0 saturated heterocycles. The van der Waals surface area contributed by atoms with Crippen molar-refractivity contribution < 1.29 is 10.2 Å². The topological polar surface area (TPSA) is 52.5 Å². The highest BCUT2D eigenvalue weighted by Crippen LogP contribution is 2.20. The van der Waals surface area contributed by atoms with E-state index in [2.05, 4.69) is 5.32 Å². The second-order valence-corrected chi connectivity index (χ2v) is 3.54. The van der Waals surface area contributed by atoms with Gasteiger partial charge in [0.25, 0.3) is 0 Å². The molecule has 0 radical (unpaired) electrons. The summed E-state index contributed by atoms with van der Waals surface area (Å²) in [4.78, 5) is 0. The zero-order valence-corrected chi connectivity index (χ0v) is 7.05. The van der Waals surface area contributed by atoms with Gasteiger partial charge in [0.1, 0.15) is 6.23 Å². The molecule has 2 atom stereocenters. The molecule has 0 saturated carbocycles. The van der Waals surface area contributed by atoms with Crippen molar-refractivity contribution in [1.29, 1.82) is 0 Å². The lowest BCUT2D eigenvalue weighted by Gasteiger charge is -2.29. The molecule has 2 unspecified atom stereocenters. The fraction of sp³-hybridized carbons (Fsp3) is 1.00. The minimum absolute atomic E-state index is 0.275. The number of aliphatic hydroxyl groups excluding tert-OH is 2. The molecular weight excluding hydrogens is 130 g/mol. The van der Waals surface area contributed by atoms with E-state index in [0.29, 0.717) is 0 Å². The SMILES string of the molecule is CNC(O)C(O)C(C)(C)C. The van der Waals surface area contributed by atoms with Gasteiger partial charge in [0.15, 0.2) is 0 Å². The van der Waals surface area contributed by atoms with Gasteiger partial charge in [-0.1, -0.05) is 20.8 Å². The number of rotatable bonds is 2. The molecule has 0 aliphatic rings. The first-order valence-electron chi connectivity index (χ1n) is 3.43. The molecule has 3 N–H and O–H groups in total. The lowest BCUT2D eigenvalue weighted by Crippen LogP contribution is -2.44. The normalized spacial score (nSPS) is 18.6. The van der Waals surface area contributed by atoms with E-state index in [0.717, 1.165) is 0 Å². The Kier molecular flexibility index (Phi) is 3.28. The molecule has 0 aromatic carbocycles. The lowest BCUT2D eigenvalue weighted by atomic mass is 9.88. The second kappa shape index (κ2) is 3.32. The maximum Gasteiger partial charge on any atom is 0.131 e. The first kappa shape index (κ1) is 9.88. The monoisotopic (exact) mass is 147 g/mol. The highest BCUT2D eigenvalue weighted by Gasteiger charge is 2.27. The van der Waals surface area contributed by atoms with Crippen LogP contribution in [0, 0.1) is 5.41 Å². The Morgan fingerprint density at radius 2 is 1.60 bits per heavy atom. The van der Waals surface area contributed by atoms with Crippen LogP contribution in [0.15, 0.2) is 0 Å². The number of nitrogens with one attached hydrogen (secondary N) is 1. The number of hydrogen-bond acceptors (Lipinski definition) is 3. The van der Waals surface area contributed by atoms with E-state index in [-0.39, 0.29) is 5.41 Å². The van der Waals surface area contributed by atoms with E-state index in [4.69, 9.17) is 5.11 Å². The zero-order valence-electron chi connectivity index (χ0n) is 7.05. The Balaban J connectivity index is 3.94. The van der Waals surface area contributed by atoms with Gasteiger partial charge in [-0.25, -0.2) is 0 Å². The highest BCUT2D eigenvalue weighted by molar-refractivity contribution is 4.76. The number of likely N-dealkylation sites (N-methyl/N-ethyl adjacent to an activating group) is 1. The molecule has 0 aliphatic heterocycles. The Labute approximate surface area is 62.1 Å². The van der Waals surface area contributed by atoms with Crippen molar-refractivity contribution in [3.63, 3.8) is 0 Å². The summed E-state index contributed by atoms with van der Waals surface area (Å²) in [6, 6.07) is 0. The van der Waals surface area contributed by atoms with Gasteiger partial charge in [0.2, 0.25) is 0 Å². The second-order valence-electron chi connectivity index (χ2n) is 3.54. The van der Waals surface area contributed by atoms with Crippen molar-refractivity contribution in [2.45, 2.75) is 33.1 Å². The molecule has 62 valence electrons. The Hall–Kier alpha value is -0.120. The van der Waals surface area contributed by atoms with E-state index in [9.17, 15) is 5.11 Å². The third kappa shape index (κ3) is 2.64. The van der Waals surface area contributed by atoms with Gasteiger partial charge in [-0.15, -0.1) is 0 Å². The maximum absolute atomic E-state index is 9.34. The molecular formula is C7H17NO2. The predicted molar refractivity (Wildman–Crippen MR) is 40.5 cm³/mol. The summed E-state index contributed by atoms with van der Waals surface area (Å²) in [7, 11) is 1.61. The van der Waals surface area contributed by atoms with E-state index in [1.165, 1.54) is 0 Å². The van der Waals surface area contributed by atoms with Crippen molar-refractivity contribution in [2.24, 2.45) is 5.41 Å². The van der Waals surface area contributed by atoms with Crippen LogP contribution in [-0.4, -0.2) is 29.6 Å². The third-order valence-corrected chi connectivity index (χ3v) is 1.48. The van der Waals surface area contributed by atoms with E-state index < -0.39 is 12.3 Å². The van der Waals surface area contributed by atoms with Crippen LogP contribution in [0.3, 0.4) is 0 Å². The number of aliphatic hydroxyl groups is 2. The summed E-state index contributed by atoms with van der Waals surface area (Å²) in [5.41, 5.74) is -0.275. The summed E-state index contributed by atoms with van der Waals surface area (Å²) in [5, 5.41) is 21.0. The Morgan fingerprint density at radius 3 is 1.70 bits per heavy atom. The minimum Gasteiger partial charge on any atom is -0.388 e. The molecule has 0 heterocycles. The summed E-state index contributed by atoms with van der Waals surface area (Å²) >= 11 is 0. The molecule has 0 rings (SSSR count). The van der Waals surface area contributed by atoms with Crippen LogP contribution < -0.4 is 5.32 Å². The van der Waals surface area contributed by atoms with Crippen molar-refractivity contribution in [3.05, 3.63) is 0 Å². The molecule has 10 heavy (non-hydrogen) atoms. The van der Waals surface area contributed by atoms with Crippen LogP contribution in [0.4, 0.5) is 0 Å². The highest BCUT2D eigenvalue weighted by atomic mass is 16.3. The summed E-state index contributed by atoms with van der Waals surface area (Å²) in [5.74, 6) is 0. The van der Waals surface area contributed by atoms with E-state index in [1.807, 2.05) is 20.8 Å².